The van der Waals surface area contributed by atoms with Gasteiger partial charge in [-0.2, -0.15) is 0 Å². The summed E-state index contributed by atoms with van der Waals surface area (Å²) in [5.74, 6) is -2.24. The smallest absolute Gasteiger partial charge is 0.414 e. The topological polar surface area (TPSA) is 182 Å². The number of carbonyl (C=O) groups excluding carboxylic acids is 6. The van der Waals surface area contributed by atoms with Crippen LogP contribution < -0.4 is 10.6 Å². The number of amides is 2. The van der Waals surface area contributed by atoms with Gasteiger partial charge in [0, 0.05) is 23.5 Å². The first-order chi connectivity index (χ1) is 28.5. The van der Waals surface area contributed by atoms with Crippen LogP contribution in [0.25, 0.3) is 0 Å². The van der Waals surface area contributed by atoms with E-state index in [-0.39, 0.29) is 0 Å². The van der Waals surface area contributed by atoms with Gasteiger partial charge in [-0.05, 0) is 91.5 Å². The highest BCUT2D eigenvalue weighted by Crippen LogP contribution is 2.31. The van der Waals surface area contributed by atoms with E-state index in [9.17, 15) is 28.8 Å². The van der Waals surface area contributed by atoms with Crippen molar-refractivity contribution in [3.8, 4) is 0 Å². The maximum Gasteiger partial charge on any atom is 0.414 e. The van der Waals surface area contributed by atoms with Crippen LogP contribution in [0.3, 0.4) is 0 Å². The second-order valence-electron chi connectivity index (χ2n) is 17.0. The Kier molecular flexibility index (Phi) is 17.7. The molecule has 4 rings (SSSR count). The standard InChI is InChI=1S/C46H60N2O12/c1-45(2,3)41(51)55-35(33-29-37(49)57-39(33)59-43(53)47-31-23-17-15-18-24-31)27-21-13-11-9-7-8-10-12-14-22-28-36(56-42(52)46(4,5)6)34-30-38(50)58-40(34)60-44(54)48-32-25-19-16-20-26-32/h15-20,23-26,29-30,35-36,39-40H,7-14,21-22,27-28H2,1-6H3,(H,47,53)(H,48,54). The highest BCUT2D eigenvalue weighted by atomic mass is 16.7. The Hall–Kier alpha value is -5.66. The van der Waals surface area contributed by atoms with Crippen molar-refractivity contribution in [1.29, 1.82) is 0 Å². The Balaban J connectivity index is 1.18. The summed E-state index contributed by atoms with van der Waals surface area (Å²) in [5.41, 5.74) is 0.0416. The molecule has 14 nitrogen and oxygen atoms in total. The Morgan fingerprint density at radius 2 is 0.850 bits per heavy atom. The molecule has 2 aliphatic heterocycles. The van der Waals surface area contributed by atoms with Crippen molar-refractivity contribution in [3.63, 3.8) is 0 Å². The van der Waals surface area contributed by atoms with E-state index in [1.54, 1.807) is 90.1 Å². The van der Waals surface area contributed by atoms with Gasteiger partial charge < -0.3 is 28.4 Å². The van der Waals surface area contributed by atoms with Crippen molar-refractivity contribution in [2.45, 2.75) is 143 Å². The average molecular weight is 833 g/mol. The van der Waals surface area contributed by atoms with E-state index in [1.807, 2.05) is 12.1 Å². The lowest BCUT2D eigenvalue weighted by molar-refractivity contribution is -0.162. The van der Waals surface area contributed by atoms with Crippen molar-refractivity contribution < 1.29 is 57.2 Å². The molecule has 0 saturated heterocycles. The monoisotopic (exact) mass is 832 g/mol. The van der Waals surface area contributed by atoms with Crippen LogP contribution in [0, 0.1) is 10.8 Å². The van der Waals surface area contributed by atoms with Crippen LogP contribution in [0.4, 0.5) is 21.0 Å². The molecule has 2 aromatic rings. The highest BCUT2D eigenvalue weighted by Gasteiger charge is 2.40. The zero-order valence-corrected chi connectivity index (χ0v) is 35.6. The lowest BCUT2D eigenvalue weighted by atomic mass is 9.96. The number of cyclic esters (lactones) is 2. The van der Waals surface area contributed by atoms with Gasteiger partial charge in [0.2, 0.25) is 0 Å². The minimum absolute atomic E-state index is 0.292. The van der Waals surface area contributed by atoms with Crippen molar-refractivity contribution in [2.75, 3.05) is 10.6 Å². The van der Waals surface area contributed by atoms with Gasteiger partial charge in [0.1, 0.15) is 12.2 Å². The van der Waals surface area contributed by atoms with Gasteiger partial charge in [0.05, 0.1) is 22.0 Å². The average Bonchev–Trinajstić information content (AvgIpc) is 3.73. The van der Waals surface area contributed by atoms with E-state index in [0.29, 0.717) is 48.2 Å². The predicted octanol–water partition coefficient (Wildman–Crippen LogP) is 9.70. The first-order valence-corrected chi connectivity index (χ1v) is 20.8. The van der Waals surface area contributed by atoms with Gasteiger partial charge in [-0.25, -0.2) is 19.2 Å². The van der Waals surface area contributed by atoms with E-state index in [2.05, 4.69) is 10.6 Å². The number of ether oxygens (including phenoxy) is 6. The molecule has 326 valence electrons. The third-order valence-electron chi connectivity index (χ3n) is 9.68. The largest absolute Gasteiger partial charge is 0.457 e. The molecule has 14 heteroatoms. The first kappa shape index (κ1) is 47.0. The Morgan fingerprint density at radius 1 is 0.533 bits per heavy atom. The van der Waals surface area contributed by atoms with Crippen molar-refractivity contribution in [2.24, 2.45) is 10.8 Å². The summed E-state index contributed by atoms with van der Waals surface area (Å²) in [6, 6.07) is 17.4. The van der Waals surface area contributed by atoms with E-state index < -0.39 is 71.7 Å². The van der Waals surface area contributed by atoms with Gasteiger partial charge >= 0.3 is 36.1 Å². The van der Waals surface area contributed by atoms with Crippen LogP contribution >= 0.6 is 0 Å². The SMILES string of the molecule is CC(C)(C)C(=O)OC(CCCCCCCCCCCCC(OC(=O)C(C)(C)C)C1=CC(=O)OC1OC(=O)Nc1ccccc1)C1=CC(=O)OC1OC(=O)Nc1ccccc1. The summed E-state index contributed by atoms with van der Waals surface area (Å²) in [7, 11) is 0. The third-order valence-corrected chi connectivity index (χ3v) is 9.68. The van der Waals surface area contributed by atoms with E-state index in [1.165, 1.54) is 12.2 Å². The molecule has 2 aromatic carbocycles. The number of hydrogen-bond donors (Lipinski definition) is 2. The lowest BCUT2D eigenvalue weighted by Gasteiger charge is -2.26. The summed E-state index contributed by atoms with van der Waals surface area (Å²) >= 11 is 0. The lowest BCUT2D eigenvalue weighted by Crippen LogP contribution is -2.34. The van der Waals surface area contributed by atoms with Crippen molar-refractivity contribution in [3.05, 3.63) is 84.0 Å². The summed E-state index contributed by atoms with van der Waals surface area (Å²) in [5, 5.41) is 5.20. The van der Waals surface area contributed by atoms with Crippen LogP contribution in [0.5, 0.6) is 0 Å². The van der Waals surface area contributed by atoms with Crippen LogP contribution in [0.2, 0.25) is 0 Å². The van der Waals surface area contributed by atoms with Crippen LogP contribution in [0.15, 0.2) is 84.0 Å². The number of para-hydroxylation sites is 2. The van der Waals surface area contributed by atoms with Gasteiger partial charge in [-0.15, -0.1) is 0 Å². The van der Waals surface area contributed by atoms with Crippen LogP contribution in [-0.2, 0) is 47.6 Å². The molecule has 2 aliphatic rings. The number of carbonyl (C=O) groups is 6. The van der Waals surface area contributed by atoms with Gasteiger partial charge in [0.25, 0.3) is 12.6 Å². The Labute approximate surface area is 352 Å². The maximum atomic E-state index is 12.9. The first-order valence-electron chi connectivity index (χ1n) is 20.8. The summed E-state index contributed by atoms with van der Waals surface area (Å²) in [4.78, 5) is 75.7. The molecule has 2 N–H and O–H groups in total. The molecule has 0 aliphatic carbocycles. The molecule has 4 atom stereocenters. The highest BCUT2D eigenvalue weighted by molar-refractivity contribution is 5.89. The number of anilines is 2. The van der Waals surface area contributed by atoms with Crippen molar-refractivity contribution in [1.82, 2.24) is 0 Å². The molecular weight excluding hydrogens is 773 g/mol. The Bertz CT molecular complexity index is 1690. The number of unbranched alkanes of at least 4 members (excludes halogenated alkanes) is 9. The van der Waals surface area contributed by atoms with E-state index in [4.69, 9.17) is 28.4 Å². The number of esters is 4. The van der Waals surface area contributed by atoms with E-state index in [0.717, 1.165) is 51.4 Å². The molecule has 0 bridgehead atoms. The molecule has 0 saturated carbocycles. The molecule has 60 heavy (non-hydrogen) atoms. The minimum Gasteiger partial charge on any atom is -0.457 e. The number of rotatable bonds is 21. The van der Waals surface area contributed by atoms with Gasteiger partial charge in [-0.1, -0.05) is 87.8 Å². The number of hydrogen-bond acceptors (Lipinski definition) is 12. The fourth-order valence-corrected chi connectivity index (χ4v) is 6.30. The summed E-state index contributed by atoms with van der Waals surface area (Å²) in [6.07, 6.45) is 6.75. The molecule has 0 aromatic heterocycles. The fourth-order valence-electron chi connectivity index (χ4n) is 6.30. The second kappa shape index (κ2) is 22.6. The molecule has 0 radical (unpaired) electrons. The Morgan fingerprint density at radius 3 is 1.17 bits per heavy atom. The fraction of sp³-hybridized carbons (Fsp3) is 0.522. The van der Waals surface area contributed by atoms with Crippen LogP contribution in [-0.4, -0.2) is 60.9 Å². The molecule has 4 unspecified atom stereocenters. The zero-order chi connectivity index (χ0) is 43.7. The number of nitrogens with one attached hydrogen (secondary N) is 2. The molecule has 2 amide bonds. The summed E-state index contributed by atoms with van der Waals surface area (Å²) in [6.45, 7) is 10.5. The predicted molar refractivity (Wildman–Crippen MR) is 223 cm³/mol. The van der Waals surface area contributed by atoms with E-state index >= 15 is 0 Å². The minimum atomic E-state index is -1.31. The molecular formula is C46H60N2O12. The zero-order valence-electron chi connectivity index (χ0n) is 35.6. The summed E-state index contributed by atoms with van der Waals surface area (Å²) < 4.78 is 33.2. The number of benzene rings is 2. The van der Waals surface area contributed by atoms with Gasteiger partial charge in [0.15, 0.2) is 0 Å². The van der Waals surface area contributed by atoms with Crippen molar-refractivity contribution >= 4 is 47.4 Å². The van der Waals surface area contributed by atoms with Gasteiger partial charge in [-0.3, -0.25) is 20.2 Å². The third kappa shape index (κ3) is 15.8. The molecule has 0 fully saturated rings. The van der Waals surface area contributed by atoms with Crippen LogP contribution in [0.1, 0.15) is 119 Å². The molecule has 2 heterocycles. The normalized spacial score (nSPS) is 17.3. The quantitative estimate of drug-likeness (QED) is 0.0691. The molecule has 0 spiro atoms. The second-order valence-corrected chi connectivity index (χ2v) is 17.0. The maximum absolute atomic E-state index is 12.9.